The van der Waals surface area contributed by atoms with E-state index in [1.807, 2.05) is 26.1 Å². The van der Waals surface area contributed by atoms with Crippen LogP contribution in [0.1, 0.15) is 63.3 Å². The van der Waals surface area contributed by atoms with E-state index in [0.717, 1.165) is 53.0 Å². The summed E-state index contributed by atoms with van der Waals surface area (Å²) < 4.78 is 39.8. The van der Waals surface area contributed by atoms with Gasteiger partial charge in [-0.25, -0.2) is 9.97 Å². The first-order valence-electron chi connectivity index (χ1n) is 12.8. The zero-order valence-electron chi connectivity index (χ0n) is 21.8. The molecule has 2 N–H and O–H groups in total. The van der Waals surface area contributed by atoms with Gasteiger partial charge in [-0.3, -0.25) is 4.98 Å². The molecule has 5 rings (SSSR count). The van der Waals surface area contributed by atoms with Crippen molar-refractivity contribution < 1.29 is 13.2 Å². The monoisotopic (exact) mass is 546 g/mol. The van der Waals surface area contributed by atoms with Gasteiger partial charge >= 0.3 is 6.18 Å². The smallest absolute Gasteiger partial charge is 0.367 e. The van der Waals surface area contributed by atoms with E-state index in [-0.39, 0.29) is 23.4 Å². The lowest BCUT2D eigenvalue weighted by atomic mass is 9.87. The van der Waals surface area contributed by atoms with Gasteiger partial charge in [-0.1, -0.05) is 0 Å². The van der Waals surface area contributed by atoms with Gasteiger partial charge in [-0.05, 0) is 64.9 Å². The van der Waals surface area contributed by atoms with Gasteiger partial charge in [0.1, 0.15) is 45.7 Å². The highest BCUT2D eigenvalue weighted by Gasteiger charge is 2.40. The number of thiazole rings is 1. The fraction of sp³-hybridized carbons (Fsp3) is 0.600. The van der Waals surface area contributed by atoms with Crippen molar-refractivity contribution in [3.05, 3.63) is 23.7 Å². The predicted octanol–water partition coefficient (Wildman–Crippen LogP) is 6.27. The van der Waals surface area contributed by atoms with Crippen LogP contribution in [0.4, 0.5) is 24.9 Å². The van der Waals surface area contributed by atoms with Crippen LogP contribution in [-0.2, 0) is 0 Å². The molecular formula is C25H31F3N9S+. The first-order chi connectivity index (χ1) is 18.0. The zero-order chi connectivity index (χ0) is 27.1. The molecule has 3 heterocycles. The van der Waals surface area contributed by atoms with Crippen LogP contribution in [-0.4, -0.2) is 51.3 Å². The van der Waals surface area contributed by atoms with Crippen molar-refractivity contribution in [1.82, 2.24) is 24.8 Å². The maximum Gasteiger partial charge on any atom is 0.405 e. The van der Waals surface area contributed by atoms with E-state index in [2.05, 4.69) is 40.7 Å². The van der Waals surface area contributed by atoms with Crippen molar-refractivity contribution in [1.29, 1.82) is 0 Å². The molecule has 38 heavy (non-hydrogen) atoms. The van der Waals surface area contributed by atoms with E-state index in [1.165, 1.54) is 11.3 Å². The van der Waals surface area contributed by atoms with Gasteiger partial charge in [0.2, 0.25) is 10.9 Å². The van der Waals surface area contributed by atoms with Crippen molar-refractivity contribution in [2.75, 3.05) is 24.2 Å². The van der Waals surface area contributed by atoms with Crippen LogP contribution < -0.4 is 15.5 Å². The molecular weight excluding hydrogens is 515 g/mol. The van der Waals surface area contributed by atoms with Crippen molar-refractivity contribution in [3.63, 3.8) is 0 Å². The number of anilines is 2. The summed E-state index contributed by atoms with van der Waals surface area (Å²) in [6.45, 7) is 4.65. The Labute approximate surface area is 222 Å². The molecule has 0 saturated heterocycles. The molecule has 0 bridgehead atoms. The maximum absolute atomic E-state index is 12.9. The second kappa shape index (κ2) is 10.2. The molecule has 9 nitrogen and oxygen atoms in total. The molecule has 0 aromatic carbocycles. The van der Waals surface area contributed by atoms with Crippen LogP contribution in [0.25, 0.3) is 20.8 Å². The predicted molar refractivity (Wildman–Crippen MR) is 141 cm³/mol. The summed E-state index contributed by atoms with van der Waals surface area (Å²) in [4.78, 5) is 22.3. The van der Waals surface area contributed by atoms with Crippen LogP contribution in [0, 0.1) is 12.8 Å². The molecule has 0 spiro atoms. The van der Waals surface area contributed by atoms with Gasteiger partial charge in [-0.2, -0.15) is 18.2 Å². The number of fused-ring (bicyclic) bond motifs is 1. The number of rotatable bonds is 8. The molecule has 3 aromatic rings. The quantitative estimate of drug-likeness (QED) is 0.254. The lowest BCUT2D eigenvalue weighted by Gasteiger charge is -2.22. The summed E-state index contributed by atoms with van der Waals surface area (Å²) in [5.41, 5.74) is 2.78. The van der Waals surface area contributed by atoms with Gasteiger partial charge in [0.05, 0.1) is 21.7 Å². The number of aryl methyl sites for hydroxylation is 1. The molecule has 2 fully saturated rings. The molecule has 0 radical (unpaired) electrons. The van der Waals surface area contributed by atoms with Gasteiger partial charge < -0.3 is 10.6 Å². The Hall–Kier alpha value is -3.18. The van der Waals surface area contributed by atoms with E-state index in [9.17, 15) is 13.2 Å². The van der Waals surface area contributed by atoms with Crippen molar-refractivity contribution in [2.24, 2.45) is 16.1 Å². The lowest BCUT2D eigenvalue weighted by molar-refractivity contribution is -0.115. The number of hydrogen-bond acceptors (Lipinski definition) is 9. The number of alkyl halides is 3. The van der Waals surface area contributed by atoms with Crippen LogP contribution in [0.15, 0.2) is 22.5 Å². The fourth-order valence-corrected chi connectivity index (χ4v) is 6.09. The molecule has 202 valence electrons. The largest absolute Gasteiger partial charge is 0.405 e. The van der Waals surface area contributed by atoms with E-state index in [4.69, 9.17) is 4.98 Å². The Morgan fingerprint density at radius 3 is 2.63 bits per heavy atom. The summed E-state index contributed by atoms with van der Waals surface area (Å²) >= 11 is 1.52. The third-order valence-electron chi connectivity index (χ3n) is 7.21. The van der Waals surface area contributed by atoms with Crippen LogP contribution >= 0.6 is 11.3 Å². The summed E-state index contributed by atoms with van der Waals surface area (Å²) in [6, 6.07) is 2.01. The first-order valence-corrected chi connectivity index (χ1v) is 13.6. The van der Waals surface area contributed by atoms with E-state index in [1.54, 1.807) is 14.0 Å². The highest BCUT2D eigenvalue weighted by atomic mass is 32.1. The van der Waals surface area contributed by atoms with Crippen LogP contribution in [0.5, 0.6) is 0 Å². The Kier molecular flexibility index (Phi) is 7.08. The normalized spacial score (nSPS) is 19.9. The Bertz CT molecular complexity index is 1390. The van der Waals surface area contributed by atoms with Gasteiger partial charge in [0.15, 0.2) is 0 Å². The molecule has 0 amide bonds. The number of halogens is 3. The molecule has 2 atom stereocenters. The lowest BCUT2D eigenvalue weighted by Crippen LogP contribution is -2.29. The van der Waals surface area contributed by atoms with Crippen LogP contribution in [0.3, 0.4) is 0 Å². The molecule has 2 aliphatic rings. The summed E-state index contributed by atoms with van der Waals surface area (Å²) in [5, 5.41) is 14.7. The Balaban J connectivity index is 1.49. The summed E-state index contributed by atoms with van der Waals surface area (Å²) in [6.07, 6.45) is 2.27. The van der Waals surface area contributed by atoms with Crippen LogP contribution in [0.2, 0.25) is 0 Å². The Morgan fingerprint density at radius 1 is 1.13 bits per heavy atom. The molecule has 2 unspecified atom stereocenters. The highest BCUT2D eigenvalue weighted by Crippen LogP contribution is 2.45. The third-order valence-corrected chi connectivity index (χ3v) is 8.25. The average Bonchev–Trinajstić information content (AvgIpc) is 3.42. The molecule has 2 saturated carbocycles. The zero-order valence-corrected chi connectivity index (χ0v) is 22.6. The third kappa shape index (κ3) is 5.78. The summed E-state index contributed by atoms with van der Waals surface area (Å²) in [5.74, 6) is 1.12. The summed E-state index contributed by atoms with van der Waals surface area (Å²) in [7, 11) is 1.59. The molecule has 13 heteroatoms. The van der Waals surface area contributed by atoms with Crippen molar-refractivity contribution >= 4 is 33.3 Å². The minimum atomic E-state index is -4.38. The molecule has 0 aliphatic heterocycles. The number of nitrogens with zero attached hydrogens (tertiary/aromatic N) is 7. The molecule has 2 aliphatic carbocycles. The second-order valence-electron chi connectivity index (χ2n) is 10.6. The number of pyridine rings is 1. The van der Waals surface area contributed by atoms with Crippen molar-refractivity contribution in [3.8, 4) is 10.6 Å². The fourth-order valence-electron chi connectivity index (χ4n) is 5.02. The van der Waals surface area contributed by atoms with E-state index in [0.29, 0.717) is 23.0 Å². The van der Waals surface area contributed by atoms with Gasteiger partial charge in [0.25, 0.3) is 0 Å². The first kappa shape index (κ1) is 26.4. The van der Waals surface area contributed by atoms with Gasteiger partial charge in [-0.15, -0.1) is 11.3 Å². The number of nitrogens with one attached hydrogen (secondary N) is 2. The van der Waals surface area contributed by atoms with Gasteiger partial charge in [0, 0.05) is 18.2 Å². The minimum Gasteiger partial charge on any atom is -0.367 e. The maximum atomic E-state index is 12.9. The highest BCUT2D eigenvalue weighted by molar-refractivity contribution is 7.21. The van der Waals surface area contributed by atoms with E-state index < -0.39 is 12.7 Å². The molecule has 3 aromatic heterocycles. The SMILES string of the molecule is CN=[N+]=NC(C)(C)C1CCC(Nc2nc(NCC(F)(F)F)nc(C)c2-c2nc3c(C4CC4)nccc3s2)C1. The van der Waals surface area contributed by atoms with E-state index >= 15 is 0 Å². The number of aromatic nitrogens is 4. The topological polar surface area (TPSA) is 114 Å². The Morgan fingerprint density at radius 2 is 1.92 bits per heavy atom. The minimum absolute atomic E-state index is 0.0645. The van der Waals surface area contributed by atoms with Crippen molar-refractivity contribution in [2.45, 2.75) is 76.6 Å². The second-order valence-corrected chi connectivity index (χ2v) is 11.6. The average molecular weight is 547 g/mol. The standard InChI is InChI=1S/C25H31F3N9S/c1-13-18(22-34-20-17(38-22)9-10-30-19(20)14-5-6-14)21(35-23(32-13)31-12-25(26,27)28)33-16-8-7-15(11-16)24(2,3)36-37-29-4/h9-10,14-16H,5-8,11-12H2,1-4H3,(H2,31,32,33,35)/q+1. The number of hydrogen-bond donors (Lipinski definition) is 2.